The number of nitrogens with zero attached hydrogens (tertiary/aromatic N) is 3. The molecule has 0 fully saturated rings. The van der Waals surface area contributed by atoms with E-state index in [4.69, 9.17) is 4.74 Å². The van der Waals surface area contributed by atoms with Crippen molar-refractivity contribution >= 4 is 22.7 Å². The lowest BCUT2D eigenvalue weighted by atomic mass is 10.1. The van der Waals surface area contributed by atoms with E-state index in [2.05, 4.69) is 11.1 Å². The summed E-state index contributed by atoms with van der Waals surface area (Å²) in [5.41, 5.74) is 3.26. The first-order valence-corrected chi connectivity index (χ1v) is 7.50. The predicted octanol–water partition coefficient (Wildman–Crippen LogP) is 4.04. The van der Waals surface area contributed by atoms with Crippen LogP contribution in [0, 0.1) is 11.3 Å². The van der Waals surface area contributed by atoms with Gasteiger partial charge >= 0.3 is 0 Å². The number of ether oxygens (including phenoxy) is 1. The number of aromatic nitrogens is 2. The summed E-state index contributed by atoms with van der Waals surface area (Å²) in [6, 6.07) is 17.8. The van der Waals surface area contributed by atoms with Crippen molar-refractivity contribution in [3.63, 3.8) is 0 Å². The minimum Gasteiger partial charge on any atom is -0.493 e. The van der Waals surface area contributed by atoms with Gasteiger partial charge in [0, 0.05) is 12.6 Å². The molecule has 0 amide bonds. The van der Waals surface area contributed by atoms with Gasteiger partial charge < -0.3 is 9.30 Å². The van der Waals surface area contributed by atoms with Crippen LogP contribution in [0.5, 0.6) is 5.75 Å². The van der Waals surface area contributed by atoms with Crippen LogP contribution < -0.4 is 4.74 Å². The fourth-order valence-electron chi connectivity index (χ4n) is 2.58. The third-order valence-electron chi connectivity index (χ3n) is 3.67. The highest BCUT2D eigenvalue weighted by atomic mass is 16.5. The number of imidazole rings is 1. The van der Waals surface area contributed by atoms with Crippen molar-refractivity contribution in [1.82, 2.24) is 9.55 Å². The topological polar surface area (TPSA) is 50.8 Å². The number of fused-ring (bicyclic) bond motifs is 1. The second-order valence-electron chi connectivity index (χ2n) is 5.12. The molecule has 0 aliphatic rings. The number of para-hydroxylation sites is 3. The van der Waals surface area contributed by atoms with E-state index >= 15 is 0 Å². The first kappa shape index (κ1) is 14.9. The summed E-state index contributed by atoms with van der Waals surface area (Å²) in [6.07, 6.45) is 1.83. The van der Waals surface area contributed by atoms with Crippen molar-refractivity contribution in [2.24, 2.45) is 7.05 Å². The molecule has 0 saturated carbocycles. The van der Waals surface area contributed by atoms with Gasteiger partial charge in [-0.15, -0.1) is 0 Å². The summed E-state index contributed by atoms with van der Waals surface area (Å²) in [5.74, 6) is 1.42. The Kier molecular flexibility index (Phi) is 4.11. The van der Waals surface area contributed by atoms with Crippen LogP contribution in [-0.4, -0.2) is 16.2 Å². The molecular formula is C19H17N3O. The quantitative estimate of drug-likeness (QED) is 0.684. The van der Waals surface area contributed by atoms with E-state index in [9.17, 15) is 5.26 Å². The smallest absolute Gasteiger partial charge is 0.151 e. The Hall–Kier alpha value is -3.06. The Labute approximate surface area is 135 Å². The molecule has 114 valence electrons. The first-order chi connectivity index (χ1) is 11.2. The largest absolute Gasteiger partial charge is 0.493 e. The number of hydrogen-bond donors (Lipinski definition) is 0. The zero-order valence-electron chi connectivity index (χ0n) is 13.2. The van der Waals surface area contributed by atoms with E-state index in [1.165, 1.54) is 0 Å². The Morgan fingerprint density at radius 2 is 1.96 bits per heavy atom. The highest BCUT2D eigenvalue weighted by molar-refractivity contribution is 5.91. The molecule has 1 heterocycles. The summed E-state index contributed by atoms with van der Waals surface area (Å²) < 4.78 is 7.56. The summed E-state index contributed by atoms with van der Waals surface area (Å²) >= 11 is 0. The van der Waals surface area contributed by atoms with Crippen LogP contribution in [0.15, 0.2) is 48.5 Å². The molecule has 0 bridgehead atoms. The predicted molar refractivity (Wildman–Crippen MR) is 91.8 cm³/mol. The molecule has 2 aromatic carbocycles. The maximum Gasteiger partial charge on any atom is 0.151 e. The molecule has 0 aliphatic heterocycles. The van der Waals surface area contributed by atoms with Crippen LogP contribution in [0.2, 0.25) is 0 Å². The highest BCUT2D eigenvalue weighted by Gasteiger charge is 2.12. The van der Waals surface area contributed by atoms with Crippen molar-refractivity contribution in [3.8, 4) is 11.8 Å². The van der Waals surface area contributed by atoms with Crippen molar-refractivity contribution in [1.29, 1.82) is 5.26 Å². The Bertz CT molecular complexity index is 916. The summed E-state index contributed by atoms with van der Waals surface area (Å²) in [6.45, 7) is 2.52. The van der Waals surface area contributed by atoms with Crippen LogP contribution >= 0.6 is 0 Å². The number of hydrogen-bond acceptors (Lipinski definition) is 3. The van der Waals surface area contributed by atoms with Gasteiger partial charge in [0.15, 0.2) is 5.82 Å². The van der Waals surface area contributed by atoms with Crippen molar-refractivity contribution in [2.45, 2.75) is 6.92 Å². The Morgan fingerprint density at radius 3 is 2.70 bits per heavy atom. The number of nitriles is 1. The zero-order valence-corrected chi connectivity index (χ0v) is 13.2. The van der Waals surface area contributed by atoms with Crippen LogP contribution in [0.25, 0.3) is 22.7 Å². The molecule has 4 nitrogen and oxygen atoms in total. The lowest BCUT2D eigenvalue weighted by Gasteiger charge is -2.07. The van der Waals surface area contributed by atoms with Crippen molar-refractivity contribution < 1.29 is 4.74 Å². The fraction of sp³-hybridized carbons (Fsp3) is 0.158. The van der Waals surface area contributed by atoms with Crippen LogP contribution in [0.1, 0.15) is 18.3 Å². The van der Waals surface area contributed by atoms with E-state index in [0.29, 0.717) is 18.0 Å². The summed E-state index contributed by atoms with van der Waals surface area (Å²) in [4.78, 5) is 4.59. The molecule has 0 saturated heterocycles. The second kappa shape index (κ2) is 6.37. The van der Waals surface area contributed by atoms with E-state index in [1.807, 2.05) is 73.1 Å². The van der Waals surface area contributed by atoms with Gasteiger partial charge in [0.25, 0.3) is 0 Å². The van der Waals surface area contributed by atoms with Gasteiger partial charge in [0.2, 0.25) is 0 Å². The summed E-state index contributed by atoms with van der Waals surface area (Å²) in [7, 11) is 1.92. The van der Waals surface area contributed by atoms with Gasteiger partial charge in [-0.25, -0.2) is 4.98 Å². The van der Waals surface area contributed by atoms with Crippen molar-refractivity contribution in [3.05, 3.63) is 59.9 Å². The van der Waals surface area contributed by atoms with Crippen LogP contribution in [-0.2, 0) is 7.05 Å². The monoisotopic (exact) mass is 303 g/mol. The minimum absolute atomic E-state index is 0.510. The fourth-order valence-corrected chi connectivity index (χ4v) is 2.58. The maximum absolute atomic E-state index is 9.60. The average Bonchev–Trinajstić information content (AvgIpc) is 2.91. The third-order valence-corrected chi connectivity index (χ3v) is 3.67. The van der Waals surface area contributed by atoms with Gasteiger partial charge in [0.05, 0.1) is 23.2 Å². The molecule has 3 aromatic rings. The third kappa shape index (κ3) is 2.82. The van der Waals surface area contributed by atoms with Gasteiger partial charge in [-0.3, -0.25) is 0 Å². The SMILES string of the molecule is CCOc1ccccc1/C=C(/C#N)c1nc2ccccc2n1C. The lowest BCUT2D eigenvalue weighted by Crippen LogP contribution is -1.97. The van der Waals surface area contributed by atoms with Crippen LogP contribution in [0.3, 0.4) is 0 Å². The van der Waals surface area contributed by atoms with Gasteiger partial charge in [0.1, 0.15) is 11.8 Å². The zero-order chi connectivity index (χ0) is 16.2. The highest BCUT2D eigenvalue weighted by Crippen LogP contribution is 2.26. The molecule has 3 rings (SSSR count). The normalized spacial score (nSPS) is 11.4. The number of aryl methyl sites for hydroxylation is 1. The molecule has 1 aromatic heterocycles. The molecule has 0 aliphatic carbocycles. The number of allylic oxidation sites excluding steroid dienone is 1. The van der Waals surface area contributed by atoms with Gasteiger partial charge in [-0.05, 0) is 31.2 Å². The van der Waals surface area contributed by atoms with E-state index < -0.39 is 0 Å². The lowest BCUT2D eigenvalue weighted by molar-refractivity contribution is 0.339. The molecule has 0 radical (unpaired) electrons. The molecular weight excluding hydrogens is 286 g/mol. The van der Waals surface area contributed by atoms with Crippen LogP contribution in [0.4, 0.5) is 0 Å². The second-order valence-corrected chi connectivity index (χ2v) is 5.12. The van der Waals surface area contributed by atoms with E-state index in [1.54, 1.807) is 0 Å². The number of rotatable bonds is 4. The summed E-state index contributed by atoms with van der Waals surface area (Å²) in [5, 5.41) is 9.60. The molecule has 0 atom stereocenters. The molecule has 23 heavy (non-hydrogen) atoms. The van der Waals surface area contributed by atoms with E-state index in [0.717, 1.165) is 22.3 Å². The van der Waals surface area contributed by atoms with E-state index in [-0.39, 0.29) is 0 Å². The molecule has 0 unspecified atom stereocenters. The first-order valence-electron chi connectivity index (χ1n) is 7.50. The molecule has 4 heteroatoms. The Morgan fingerprint density at radius 1 is 1.22 bits per heavy atom. The van der Waals surface area contributed by atoms with Gasteiger partial charge in [-0.2, -0.15) is 5.26 Å². The standard InChI is InChI=1S/C19H17N3O/c1-3-23-18-11-7-4-8-14(18)12-15(13-20)19-21-16-9-5-6-10-17(16)22(19)2/h4-12H,3H2,1-2H3/b15-12-. The van der Waals surface area contributed by atoms with Crippen molar-refractivity contribution in [2.75, 3.05) is 6.61 Å². The maximum atomic E-state index is 9.60. The van der Waals surface area contributed by atoms with Gasteiger partial charge in [-0.1, -0.05) is 30.3 Å². The average molecular weight is 303 g/mol. The minimum atomic E-state index is 0.510. The number of benzene rings is 2. The molecule has 0 spiro atoms. The molecule has 0 N–H and O–H groups in total. The Balaban J connectivity index is 2.12.